The third kappa shape index (κ3) is 2.85. The molecule has 128 valence electrons. The zero-order valence-electron chi connectivity index (χ0n) is 13.3. The highest BCUT2D eigenvalue weighted by Crippen LogP contribution is 2.48. The summed E-state index contributed by atoms with van der Waals surface area (Å²) >= 11 is 0. The van der Waals surface area contributed by atoms with Gasteiger partial charge in [0.25, 0.3) is 0 Å². The Balaban J connectivity index is 1.85. The van der Waals surface area contributed by atoms with Crippen LogP contribution in [-0.4, -0.2) is 48.0 Å². The Kier molecular flexibility index (Phi) is 4.60. The molecule has 1 saturated heterocycles. The van der Waals surface area contributed by atoms with Crippen molar-refractivity contribution in [2.24, 2.45) is 5.92 Å². The first-order chi connectivity index (χ1) is 11.0. The number of hydrogen-bond acceptors (Lipinski definition) is 5. The fourth-order valence-electron chi connectivity index (χ4n) is 3.91. The van der Waals surface area contributed by atoms with E-state index in [4.69, 9.17) is 9.47 Å². The first kappa shape index (κ1) is 16.6. The maximum atomic E-state index is 13.1. The average molecular weight is 325 g/mol. The molecule has 6 heteroatoms. The third-order valence-corrected chi connectivity index (χ3v) is 5.13. The molecule has 1 aliphatic heterocycles. The lowest BCUT2D eigenvalue weighted by Gasteiger charge is -2.56. The molecule has 0 aromatic heterocycles. The highest BCUT2D eigenvalue weighted by Gasteiger charge is 2.63. The SMILES string of the molecule is COC[C@H]1CC[C@@H](Nc2ccc(F)cc2)C2(O)CCCOC12O. The van der Waals surface area contributed by atoms with E-state index in [9.17, 15) is 14.6 Å². The Bertz CT molecular complexity index is 540. The van der Waals surface area contributed by atoms with E-state index in [1.807, 2.05) is 0 Å². The van der Waals surface area contributed by atoms with Crippen molar-refractivity contribution in [3.63, 3.8) is 0 Å². The van der Waals surface area contributed by atoms with E-state index in [1.54, 1.807) is 19.2 Å². The highest BCUT2D eigenvalue weighted by atomic mass is 19.1. The summed E-state index contributed by atoms with van der Waals surface area (Å²) in [6.07, 6.45) is 2.47. The number of hydrogen-bond donors (Lipinski definition) is 3. The van der Waals surface area contributed by atoms with Gasteiger partial charge in [-0.25, -0.2) is 4.39 Å². The van der Waals surface area contributed by atoms with E-state index in [-0.39, 0.29) is 17.8 Å². The normalized spacial score (nSPS) is 37.2. The van der Waals surface area contributed by atoms with Crippen LogP contribution in [0, 0.1) is 11.7 Å². The van der Waals surface area contributed by atoms with Crippen LogP contribution in [0.25, 0.3) is 0 Å². The van der Waals surface area contributed by atoms with Gasteiger partial charge in [0.1, 0.15) is 11.4 Å². The highest BCUT2D eigenvalue weighted by molar-refractivity contribution is 5.45. The Hall–Kier alpha value is -1.21. The summed E-state index contributed by atoms with van der Waals surface area (Å²) in [5, 5.41) is 25.6. The second-order valence-corrected chi connectivity index (χ2v) is 6.51. The topological polar surface area (TPSA) is 71.0 Å². The first-order valence-corrected chi connectivity index (χ1v) is 8.09. The summed E-state index contributed by atoms with van der Waals surface area (Å²) in [7, 11) is 1.58. The molecule has 1 aliphatic carbocycles. The minimum Gasteiger partial charge on any atom is -0.384 e. The summed E-state index contributed by atoms with van der Waals surface area (Å²) < 4.78 is 23.9. The summed E-state index contributed by atoms with van der Waals surface area (Å²) in [5.41, 5.74) is -0.691. The molecule has 0 radical (unpaired) electrons. The van der Waals surface area contributed by atoms with Crippen LogP contribution in [0.4, 0.5) is 10.1 Å². The van der Waals surface area contributed by atoms with Crippen molar-refractivity contribution in [3.8, 4) is 0 Å². The van der Waals surface area contributed by atoms with Crippen LogP contribution >= 0.6 is 0 Å². The first-order valence-electron chi connectivity index (χ1n) is 8.09. The quantitative estimate of drug-likeness (QED) is 0.789. The van der Waals surface area contributed by atoms with E-state index in [1.165, 1.54) is 12.1 Å². The van der Waals surface area contributed by atoms with E-state index < -0.39 is 11.4 Å². The summed E-state index contributed by atoms with van der Waals surface area (Å²) in [6, 6.07) is 5.62. The van der Waals surface area contributed by atoms with Gasteiger partial charge >= 0.3 is 0 Å². The van der Waals surface area contributed by atoms with Gasteiger partial charge in [0.05, 0.1) is 19.3 Å². The number of benzene rings is 1. The lowest BCUT2D eigenvalue weighted by atomic mass is 9.66. The number of aliphatic hydroxyl groups is 2. The number of anilines is 1. The molecule has 23 heavy (non-hydrogen) atoms. The number of ether oxygens (including phenoxy) is 2. The Morgan fingerprint density at radius 1 is 1.30 bits per heavy atom. The monoisotopic (exact) mass is 325 g/mol. The molecule has 0 amide bonds. The Morgan fingerprint density at radius 3 is 2.74 bits per heavy atom. The molecule has 1 aromatic carbocycles. The zero-order valence-corrected chi connectivity index (χ0v) is 13.3. The maximum absolute atomic E-state index is 13.1. The van der Waals surface area contributed by atoms with Crippen LogP contribution in [0.15, 0.2) is 24.3 Å². The van der Waals surface area contributed by atoms with Gasteiger partial charge in [-0.2, -0.15) is 0 Å². The lowest BCUT2D eigenvalue weighted by Crippen LogP contribution is -2.72. The number of fused-ring (bicyclic) bond motifs is 1. The number of rotatable bonds is 4. The van der Waals surface area contributed by atoms with Crippen molar-refractivity contribution in [1.82, 2.24) is 0 Å². The van der Waals surface area contributed by atoms with Gasteiger partial charge in [-0.1, -0.05) is 0 Å². The van der Waals surface area contributed by atoms with E-state index in [0.29, 0.717) is 44.6 Å². The largest absolute Gasteiger partial charge is 0.384 e. The zero-order chi connectivity index (χ0) is 16.5. The fraction of sp³-hybridized carbons (Fsp3) is 0.647. The van der Waals surface area contributed by atoms with Crippen molar-refractivity contribution in [1.29, 1.82) is 0 Å². The molecule has 3 rings (SSSR count). The van der Waals surface area contributed by atoms with Crippen LogP contribution < -0.4 is 5.32 Å². The van der Waals surface area contributed by atoms with Gasteiger partial charge in [-0.15, -0.1) is 0 Å². The van der Waals surface area contributed by atoms with Crippen molar-refractivity contribution < 1.29 is 24.1 Å². The molecule has 4 atom stereocenters. The Labute approximate surface area is 135 Å². The molecule has 3 N–H and O–H groups in total. The standard InChI is InChI=1S/C17H24FNO4/c1-22-11-12-3-8-15(19-14-6-4-13(18)5-7-14)16(20)9-2-10-23-17(12,16)21/h4-7,12,15,19-21H,2-3,8-11H2,1H3/t12-,15-,16?,17?/m1/s1. The number of methoxy groups -OCH3 is 1. The van der Waals surface area contributed by atoms with Gasteiger partial charge in [-0.05, 0) is 49.9 Å². The Morgan fingerprint density at radius 2 is 2.04 bits per heavy atom. The van der Waals surface area contributed by atoms with E-state index in [2.05, 4.69) is 5.32 Å². The predicted octanol–water partition coefficient (Wildman–Crippen LogP) is 1.89. The summed E-state index contributed by atoms with van der Waals surface area (Å²) in [6.45, 7) is 0.754. The van der Waals surface area contributed by atoms with Gasteiger partial charge < -0.3 is 25.0 Å². The fourth-order valence-corrected chi connectivity index (χ4v) is 3.91. The van der Waals surface area contributed by atoms with Crippen LogP contribution in [0.5, 0.6) is 0 Å². The molecule has 0 spiro atoms. The van der Waals surface area contributed by atoms with Crippen LogP contribution in [-0.2, 0) is 9.47 Å². The van der Waals surface area contributed by atoms with E-state index in [0.717, 1.165) is 0 Å². The molecule has 5 nitrogen and oxygen atoms in total. The number of halogens is 1. The molecule has 1 aromatic rings. The molecule has 2 aliphatic rings. The average Bonchev–Trinajstić information content (AvgIpc) is 2.54. The minimum absolute atomic E-state index is 0.274. The van der Waals surface area contributed by atoms with Crippen LogP contribution in [0.1, 0.15) is 25.7 Å². The van der Waals surface area contributed by atoms with Crippen LogP contribution in [0.3, 0.4) is 0 Å². The summed E-state index contributed by atoms with van der Waals surface area (Å²) in [5.74, 6) is -2.21. The van der Waals surface area contributed by atoms with Gasteiger partial charge in [0.15, 0.2) is 0 Å². The van der Waals surface area contributed by atoms with Crippen molar-refractivity contribution >= 4 is 5.69 Å². The van der Waals surface area contributed by atoms with Crippen molar-refractivity contribution in [2.75, 3.05) is 25.6 Å². The molecule has 1 saturated carbocycles. The van der Waals surface area contributed by atoms with Gasteiger partial charge in [-0.3, -0.25) is 0 Å². The number of nitrogens with one attached hydrogen (secondary N) is 1. The molecule has 2 unspecified atom stereocenters. The molecule has 0 bridgehead atoms. The van der Waals surface area contributed by atoms with Crippen molar-refractivity contribution in [2.45, 2.75) is 43.1 Å². The second-order valence-electron chi connectivity index (χ2n) is 6.51. The molecular formula is C17H24FNO4. The maximum Gasteiger partial charge on any atom is 0.202 e. The van der Waals surface area contributed by atoms with Gasteiger partial charge in [0.2, 0.25) is 5.79 Å². The second kappa shape index (κ2) is 6.36. The van der Waals surface area contributed by atoms with Gasteiger partial charge in [0, 0.05) is 18.7 Å². The molecule has 2 fully saturated rings. The molecular weight excluding hydrogens is 301 g/mol. The minimum atomic E-state index is -1.63. The summed E-state index contributed by atoms with van der Waals surface area (Å²) in [4.78, 5) is 0. The van der Waals surface area contributed by atoms with Crippen LogP contribution in [0.2, 0.25) is 0 Å². The molecule has 1 heterocycles. The van der Waals surface area contributed by atoms with Crippen molar-refractivity contribution in [3.05, 3.63) is 30.1 Å². The third-order valence-electron chi connectivity index (χ3n) is 5.13. The lowest BCUT2D eigenvalue weighted by molar-refractivity contribution is -0.363. The van der Waals surface area contributed by atoms with E-state index >= 15 is 0 Å². The smallest absolute Gasteiger partial charge is 0.202 e. The predicted molar refractivity (Wildman–Crippen MR) is 83.5 cm³/mol.